The summed E-state index contributed by atoms with van der Waals surface area (Å²) in [5.41, 5.74) is 3.34. The molecule has 13 nitrogen and oxygen atoms in total. The van der Waals surface area contributed by atoms with Gasteiger partial charge in [0.25, 0.3) is 0 Å². The van der Waals surface area contributed by atoms with Crippen LogP contribution in [0.3, 0.4) is 0 Å². The molecule has 0 aliphatic carbocycles. The molecule has 50 heavy (non-hydrogen) atoms. The number of cyclic esters (lactones) is 1. The summed E-state index contributed by atoms with van der Waals surface area (Å²) in [6.45, 7) is 1.94. The van der Waals surface area contributed by atoms with Crippen LogP contribution in [0.25, 0.3) is 16.7 Å². The molecule has 4 heterocycles. The Morgan fingerprint density at radius 3 is 2.56 bits per heavy atom. The fourth-order valence-electron chi connectivity index (χ4n) is 5.90. The Labute approximate surface area is 284 Å². The number of ether oxygens (including phenoxy) is 2. The van der Waals surface area contributed by atoms with E-state index in [1.54, 1.807) is 4.90 Å². The van der Waals surface area contributed by atoms with E-state index in [9.17, 15) is 33.1 Å². The van der Waals surface area contributed by atoms with E-state index in [4.69, 9.17) is 26.8 Å². The molecule has 2 atom stereocenters. The number of hydrogen-bond donors (Lipinski definition) is 3. The average Bonchev–Trinajstić information content (AvgIpc) is 3.67. The van der Waals surface area contributed by atoms with Gasteiger partial charge in [0.1, 0.15) is 17.5 Å². The summed E-state index contributed by atoms with van der Waals surface area (Å²) in [5, 5.41) is 11.3. The zero-order valence-electron chi connectivity index (χ0n) is 26.0. The lowest BCUT2D eigenvalue weighted by Gasteiger charge is -2.23. The maximum atomic E-state index is 15.7. The average molecular weight is 719 g/mol. The monoisotopic (exact) mass is 718 g/mol. The standard InChI is InChI=1S/C32H27ClF4N6O7/c1-14(44)39-9-17-11-42(32(48)50-17)16-2-3-24(20(34)6-16)49-13-15-4-5-41(10-15)27-21(35)7-18-26(25(27)33)43(12-19(28(18)45)31(46)47)30-23(37)8-22(36)29(38)40-30/h2-3,6-8,12,15,17H,4-5,9-11,13H2,1H3,(H2,38,40)(H,39,44)(H,46,47)/t15?,17-/m0/s1. The lowest BCUT2D eigenvalue weighted by molar-refractivity contribution is -0.119. The molecule has 2 aliphatic rings. The number of fused-ring (bicyclic) bond motifs is 1. The Kier molecular flexibility index (Phi) is 9.17. The van der Waals surface area contributed by atoms with Crippen LogP contribution >= 0.6 is 11.6 Å². The maximum Gasteiger partial charge on any atom is 0.414 e. The highest BCUT2D eigenvalue weighted by Crippen LogP contribution is 2.39. The highest BCUT2D eigenvalue weighted by atomic mass is 35.5. The van der Waals surface area contributed by atoms with E-state index in [1.807, 2.05) is 0 Å². The number of carbonyl (C=O) groups excluding carboxylic acids is 2. The molecule has 0 spiro atoms. The summed E-state index contributed by atoms with van der Waals surface area (Å²) in [5.74, 6) is -7.90. The maximum absolute atomic E-state index is 15.7. The number of benzene rings is 2. The summed E-state index contributed by atoms with van der Waals surface area (Å²) < 4.78 is 71.4. The van der Waals surface area contributed by atoms with Crippen molar-refractivity contribution >= 4 is 57.7 Å². The van der Waals surface area contributed by atoms with Crippen molar-refractivity contribution in [1.29, 1.82) is 0 Å². The number of nitrogens with two attached hydrogens (primary N) is 1. The Bertz CT molecular complexity index is 2130. The number of rotatable bonds is 9. The predicted molar refractivity (Wildman–Crippen MR) is 172 cm³/mol. The first-order chi connectivity index (χ1) is 23.7. The molecule has 2 saturated heterocycles. The van der Waals surface area contributed by atoms with Crippen molar-refractivity contribution in [2.45, 2.75) is 19.4 Å². The van der Waals surface area contributed by atoms with Gasteiger partial charge in [0.2, 0.25) is 11.3 Å². The van der Waals surface area contributed by atoms with Crippen molar-refractivity contribution < 1.29 is 46.5 Å². The van der Waals surface area contributed by atoms with Gasteiger partial charge in [-0.15, -0.1) is 0 Å². The van der Waals surface area contributed by atoms with Crippen molar-refractivity contribution in [2.24, 2.45) is 5.92 Å². The molecule has 2 fully saturated rings. The molecule has 0 radical (unpaired) electrons. The number of nitrogens with one attached hydrogen (secondary N) is 1. The third-order valence-corrected chi connectivity index (χ3v) is 8.67. The number of halogens is 5. The zero-order chi connectivity index (χ0) is 36.0. The molecule has 18 heteroatoms. The SMILES string of the molecule is CC(=O)NC[C@H]1CN(c2ccc(OCC3CCN(c4c(F)cc5c(=O)c(C(=O)O)cn(-c6nc(N)c(F)cc6F)c5c4Cl)C3)c(F)c2)C(=O)O1. The number of nitrogens with zero attached hydrogens (tertiary/aromatic N) is 4. The number of carboxylic acid groups (broad SMARTS) is 1. The van der Waals surface area contributed by atoms with E-state index in [0.29, 0.717) is 12.5 Å². The van der Waals surface area contributed by atoms with Crippen LogP contribution in [-0.4, -0.2) is 71.5 Å². The Morgan fingerprint density at radius 1 is 1.10 bits per heavy atom. The second-order valence-electron chi connectivity index (χ2n) is 11.7. The van der Waals surface area contributed by atoms with Gasteiger partial charge in [-0.1, -0.05) is 11.6 Å². The molecule has 4 N–H and O–H groups in total. The van der Waals surface area contributed by atoms with Crippen LogP contribution in [0.4, 0.5) is 39.5 Å². The van der Waals surface area contributed by atoms with E-state index in [2.05, 4.69) is 10.3 Å². The van der Waals surface area contributed by atoms with Crippen molar-refractivity contribution in [3.05, 3.63) is 80.6 Å². The molecule has 2 aliphatic heterocycles. The summed E-state index contributed by atoms with van der Waals surface area (Å²) in [7, 11) is 0. The van der Waals surface area contributed by atoms with E-state index >= 15 is 8.78 Å². The van der Waals surface area contributed by atoms with Gasteiger partial charge in [0.15, 0.2) is 34.8 Å². The third-order valence-electron chi connectivity index (χ3n) is 8.31. The Morgan fingerprint density at radius 2 is 1.86 bits per heavy atom. The first-order valence-electron chi connectivity index (χ1n) is 15.1. The van der Waals surface area contributed by atoms with Gasteiger partial charge < -0.3 is 30.5 Å². The lowest BCUT2D eigenvalue weighted by Crippen LogP contribution is -2.33. The van der Waals surface area contributed by atoms with Crippen LogP contribution in [0.2, 0.25) is 5.02 Å². The first-order valence-corrected chi connectivity index (χ1v) is 15.4. The number of amides is 2. The predicted octanol–water partition coefficient (Wildman–Crippen LogP) is 4.24. The second kappa shape index (κ2) is 13.4. The van der Waals surface area contributed by atoms with Gasteiger partial charge in [-0.2, -0.15) is 0 Å². The minimum absolute atomic E-state index is 0.000793. The van der Waals surface area contributed by atoms with E-state index in [0.717, 1.165) is 22.9 Å². The van der Waals surface area contributed by atoms with Crippen LogP contribution in [0.15, 0.2) is 41.3 Å². The van der Waals surface area contributed by atoms with Gasteiger partial charge in [-0.25, -0.2) is 32.1 Å². The molecule has 4 aromatic rings. The largest absolute Gasteiger partial charge is 0.490 e. The fraction of sp³-hybridized carbons (Fsp3) is 0.281. The van der Waals surface area contributed by atoms with Crippen LogP contribution in [0.1, 0.15) is 23.7 Å². The van der Waals surface area contributed by atoms with Crippen LogP contribution in [-0.2, 0) is 9.53 Å². The highest BCUT2D eigenvalue weighted by Gasteiger charge is 2.34. The molecule has 262 valence electrons. The summed E-state index contributed by atoms with van der Waals surface area (Å²) in [4.78, 5) is 54.8. The quantitative estimate of drug-likeness (QED) is 0.213. The van der Waals surface area contributed by atoms with E-state index in [1.165, 1.54) is 24.0 Å². The molecule has 2 amide bonds. The molecular weight excluding hydrogens is 692 g/mol. The minimum atomic E-state index is -1.69. The van der Waals surface area contributed by atoms with Crippen LogP contribution in [0, 0.1) is 29.2 Å². The number of carbonyl (C=O) groups is 3. The molecule has 0 saturated carbocycles. The topological polar surface area (TPSA) is 169 Å². The molecule has 2 aromatic carbocycles. The summed E-state index contributed by atoms with van der Waals surface area (Å²) in [6.07, 6.45) is -0.105. The molecular formula is C32H27ClF4N6O7. The highest BCUT2D eigenvalue weighted by molar-refractivity contribution is 6.38. The lowest BCUT2D eigenvalue weighted by atomic mass is 10.1. The first kappa shape index (κ1) is 34.3. The molecule has 2 aromatic heterocycles. The zero-order valence-corrected chi connectivity index (χ0v) is 26.8. The molecule has 6 rings (SSSR count). The normalized spacial score (nSPS) is 17.4. The van der Waals surface area contributed by atoms with Gasteiger partial charge in [-0.3, -0.25) is 19.1 Å². The number of nitrogen functional groups attached to an aromatic ring is 1. The van der Waals surface area contributed by atoms with Crippen molar-refractivity contribution in [2.75, 3.05) is 48.3 Å². The Balaban J connectivity index is 1.22. The van der Waals surface area contributed by atoms with E-state index in [-0.39, 0.29) is 72.3 Å². The molecule has 1 unspecified atom stereocenters. The smallest absolute Gasteiger partial charge is 0.414 e. The summed E-state index contributed by atoms with van der Waals surface area (Å²) >= 11 is 6.69. The number of hydrogen-bond acceptors (Lipinski definition) is 9. The fourth-order valence-corrected chi connectivity index (χ4v) is 6.31. The number of aromatic carboxylic acids is 1. The van der Waals surface area contributed by atoms with Gasteiger partial charge in [0, 0.05) is 44.3 Å². The van der Waals surface area contributed by atoms with E-state index < -0.39 is 69.4 Å². The number of pyridine rings is 2. The molecule has 0 bridgehead atoms. The third kappa shape index (κ3) is 6.43. The Hall–Kier alpha value is -5.58. The number of anilines is 3. The van der Waals surface area contributed by atoms with Gasteiger partial charge in [0.05, 0.1) is 47.0 Å². The van der Waals surface area contributed by atoms with Crippen LogP contribution in [0.5, 0.6) is 5.75 Å². The van der Waals surface area contributed by atoms with Crippen molar-refractivity contribution in [3.63, 3.8) is 0 Å². The number of aromatic nitrogens is 2. The van der Waals surface area contributed by atoms with Crippen LogP contribution < -0.4 is 31.0 Å². The summed E-state index contributed by atoms with van der Waals surface area (Å²) in [6, 6.07) is 5.16. The van der Waals surface area contributed by atoms with Gasteiger partial charge in [-0.05, 0) is 24.6 Å². The van der Waals surface area contributed by atoms with Crippen molar-refractivity contribution in [3.8, 4) is 11.6 Å². The second-order valence-corrected chi connectivity index (χ2v) is 12.1. The van der Waals surface area contributed by atoms with Gasteiger partial charge >= 0.3 is 12.1 Å². The number of carboxylic acids is 1. The van der Waals surface area contributed by atoms with Crippen molar-refractivity contribution in [1.82, 2.24) is 14.9 Å². The minimum Gasteiger partial charge on any atom is -0.490 e.